The molecule has 2 rings (SSSR count). The van der Waals surface area contributed by atoms with Gasteiger partial charge in [-0.3, -0.25) is 0 Å². The zero-order valence-corrected chi connectivity index (χ0v) is 11.4. The molecule has 1 aromatic heterocycles. The molecule has 18 heavy (non-hydrogen) atoms. The van der Waals surface area contributed by atoms with Gasteiger partial charge in [0.15, 0.2) is 0 Å². The van der Waals surface area contributed by atoms with Crippen molar-refractivity contribution in [3.63, 3.8) is 0 Å². The van der Waals surface area contributed by atoms with Gasteiger partial charge in [-0.15, -0.1) is 0 Å². The second-order valence-electron chi connectivity index (χ2n) is 5.51. The van der Waals surface area contributed by atoms with Crippen LogP contribution >= 0.6 is 0 Å². The third-order valence-electron chi connectivity index (χ3n) is 3.60. The Labute approximate surface area is 107 Å². The average molecular weight is 252 g/mol. The molecule has 6 heteroatoms. The fraction of sp³-hybridized carbons (Fsp3) is 0.583. The zero-order valence-electron chi connectivity index (χ0n) is 11.4. The lowest BCUT2D eigenvalue weighted by Crippen LogP contribution is -2.41. The van der Waals surface area contributed by atoms with Crippen molar-refractivity contribution >= 4 is 13.2 Å². The van der Waals surface area contributed by atoms with Crippen LogP contribution in [0.4, 0.5) is 4.39 Å². The quantitative estimate of drug-likeness (QED) is 0.758. The van der Waals surface area contributed by atoms with Crippen LogP contribution in [-0.4, -0.2) is 27.9 Å². The topological polar surface area (TPSA) is 36.3 Å². The van der Waals surface area contributed by atoms with E-state index in [2.05, 4.69) is 4.98 Å². The molecule has 1 aliphatic heterocycles. The molecular weight excluding hydrogens is 234 g/mol. The molecule has 0 spiro atoms. The highest BCUT2D eigenvalue weighted by Gasteiger charge is 2.53. The molecule has 0 aromatic carbocycles. The first-order valence-corrected chi connectivity index (χ1v) is 5.93. The number of rotatable bonds is 2. The minimum Gasteiger partial charge on any atom is -0.398 e. The van der Waals surface area contributed by atoms with Crippen molar-refractivity contribution in [1.82, 2.24) is 9.55 Å². The van der Waals surface area contributed by atoms with Crippen LogP contribution in [0.2, 0.25) is 0 Å². The average Bonchev–Trinajstić information content (AvgIpc) is 2.70. The van der Waals surface area contributed by atoms with E-state index in [1.165, 1.54) is 6.08 Å². The van der Waals surface area contributed by atoms with E-state index in [9.17, 15) is 4.39 Å². The molecular formula is C12H18BFN2O2. The number of halogens is 1. The van der Waals surface area contributed by atoms with E-state index in [0.29, 0.717) is 5.82 Å². The first-order chi connectivity index (χ1) is 8.23. The summed E-state index contributed by atoms with van der Waals surface area (Å²) in [5, 5.41) is 0. The fourth-order valence-corrected chi connectivity index (χ4v) is 1.66. The largest absolute Gasteiger partial charge is 0.525 e. The maximum atomic E-state index is 14.1. The van der Waals surface area contributed by atoms with Gasteiger partial charge >= 0.3 is 7.12 Å². The Kier molecular flexibility index (Phi) is 3.11. The minimum absolute atomic E-state index is 0.469. The highest BCUT2D eigenvalue weighted by molar-refractivity contribution is 6.54. The van der Waals surface area contributed by atoms with E-state index in [1.54, 1.807) is 24.0 Å². The van der Waals surface area contributed by atoms with Crippen LogP contribution in [-0.2, 0) is 16.4 Å². The van der Waals surface area contributed by atoms with Crippen molar-refractivity contribution in [2.45, 2.75) is 38.9 Å². The summed E-state index contributed by atoms with van der Waals surface area (Å²) in [5.74, 6) is 0.530. The van der Waals surface area contributed by atoms with Crippen LogP contribution in [0, 0.1) is 0 Å². The molecule has 0 atom stereocenters. The van der Waals surface area contributed by atoms with Gasteiger partial charge in [0.2, 0.25) is 0 Å². The van der Waals surface area contributed by atoms with Gasteiger partial charge in [0, 0.05) is 25.5 Å². The van der Waals surface area contributed by atoms with Gasteiger partial charge < -0.3 is 13.9 Å². The lowest BCUT2D eigenvalue weighted by atomic mass is 9.87. The zero-order chi connectivity index (χ0) is 13.6. The molecule has 2 heterocycles. The van der Waals surface area contributed by atoms with Gasteiger partial charge in [-0.1, -0.05) is 0 Å². The molecule has 1 aromatic rings. The van der Waals surface area contributed by atoms with E-state index >= 15 is 0 Å². The van der Waals surface area contributed by atoms with Crippen molar-refractivity contribution < 1.29 is 13.7 Å². The Balaban J connectivity index is 2.20. The summed E-state index contributed by atoms with van der Waals surface area (Å²) in [6.45, 7) is 7.56. The van der Waals surface area contributed by atoms with Gasteiger partial charge in [0.1, 0.15) is 11.6 Å². The van der Waals surface area contributed by atoms with Gasteiger partial charge in [-0.2, -0.15) is 0 Å². The van der Waals surface area contributed by atoms with Crippen LogP contribution in [0.25, 0.3) is 6.08 Å². The lowest BCUT2D eigenvalue weighted by molar-refractivity contribution is 0.00578. The first kappa shape index (κ1) is 13.3. The molecule has 0 unspecified atom stereocenters. The van der Waals surface area contributed by atoms with Crippen LogP contribution < -0.4 is 0 Å². The Morgan fingerprint density at radius 1 is 1.33 bits per heavy atom. The van der Waals surface area contributed by atoms with Crippen molar-refractivity contribution in [2.24, 2.45) is 7.05 Å². The summed E-state index contributed by atoms with van der Waals surface area (Å²) >= 11 is 0. The highest BCUT2D eigenvalue weighted by Crippen LogP contribution is 2.38. The number of aryl methyl sites for hydroxylation is 1. The van der Waals surface area contributed by atoms with Crippen molar-refractivity contribution in [3.8, 4) is 0 Å². The van der Waals surface area contributed by atoms with E-state index in [0.717, 1.165) is 0 Å². The molecule has 1 saturated heterocycles. The normalized spacial score (nSPS) is 22.6. The predicted molar refractivity (Wildman–Crippen MR) is 68.4 cm³/mol. The standard InChI is InChI=1S/C12H18BFN2O2/c1-11(2)12(3,4)18-13(17-11)9(14)8-10-15-6-7-16(10)5/h6-8H,1-5H3. The van der Waals surface area contributed by atoms with E-state index < -0.39 is 24.0 Å². The number of hydrogen-bond donors (Lipinski definition) is 0. The van der Waals surface area contributed by atoms with E-state index in [4.69, 9.17) is 9.31 Å². The molecule has 0 radical (unpaired) electrons. The summed E-state index contributed by atoms with van der Waals surface area (Å²) in [4.78, 5) is 4.04. The summed E-state index contributed by atoms with van der Waals surface area (Å²) in [6.07, 6.45) is 4.70. The number of imidazole rings is 1. The fourth-order valence-electron chi connectivity index (χ4n) is 1.66. The molecule has 0 N–H and O–H groups in total. The number of aromatic nitrogens is 2. The molecule has 0 saturated carbocycles. The number of nitrogens with zero attached hydrogens (tertiary/aromatic N) is 2. The Morgan fingerprint density at radius 2 is 1.89 bits per heavy atom. The molecule has 0 aliphatic carbocycles. The van der Waals surface area contributed by atoms with Crippen molar-refractivity contribution in [2.75, 3.05) is 0 Å². The van der Waals surface area contributed by atoms with Crippen molar-refractivity contribution in [1.29, 1.82) is 0 Å². The van der Waals surface area contributed by atoms with Crippen molar-refractivity contribution in [3.05, 3.63) is 23.9 Å². The smallest absolute Gasteiger partial charge is 0.398 e. The SMILES string of the molecule is Cn1ccnc1C=C(F)B1OC(C)(C)C(C)(C)O1. The third kappa shape index (κ3) is 2.22. The highest BCUT2D eigenvalue weighted by atomic mass is 19.1. The van der Waals surface area contributed by atoms with Gasteiger partial charge in [-0.05, 0) is 27.7 Å². The molecule has 98 valence electrons. The minimum atomic E-state index is -0.966. The summed E-state index contributed by atoms with van der Waals surface area (Å²) < 4.78 is 27.0. The molecule has 0 amide bonds. The predicted octanol–water partition coefficient (Wildman–Crippen LogP) is 2.36. The molecule has 1 fully saturated rings. The molecule has 0 bridgehead atoms. The third-order valence-corrected chi connectivity index (χ3v) is 3.60. The Hall–Kier alpha value is -1.14. The van der Waals surface area contributed by atoms with Gasteiger partial charge in [0.05, 0.1) is 11.2 Å². The summed E-state index contributed by atoms with van der Waals surface area (Å²) in [5.41, 5.74) is -1.54. The van der Waals surface area contributed by atoms with E-state index in [-0.39, 0.29) is 0 Å². The first-order valence-electron chi connectivity index (χ1n) is 5.93. The van der Waals surface area contributed by atoms with Gasteiger partial charge in [0.25, 0.3) is 0 Å². The molecule has 1 aliphatic rings. The maximum Gasteiger partial charge on any atom is 0.525 e. The summed E-state index contributed by atoms with van der Waals surface area (Å²) in [6, 6.07) is 0. The Bertz CT molecular complexity index is 466. The monoisotopic (exact) mass is 252 g/mol. The second kappa shape index (κ2) is 4.21. The summed E-state index contributed by atoms with van der Waals surface area (Å²) in [7, 11) is 0.836. The van der Waals surface area contributed by atoms with Crippen LogP contribution in [0.1, 0.15) is 33.5 Å². The maximum absolute atomic E-state index is 14.1. The Morgan fingerprint density at radius 3 is 2.33 bits per heavy atom. The second-order valence-corrected chi connectivity index (χ2v) is 5.51. The lowest BCUT2D eigenvalue weighted by Gasteiger charge is -2.32. The van der Waals surface area contributed by atoms with Crippen LogP contribution in [0.5, 0.6) is 0 Å². The van der Waals surface area contributed by atoms with Gasteiger partial charge in [-0.25, -0.2) is 9.37 Å². The van der Waals surface area contributed by atoms with Crippen LogP contribution in [0.15, 0.2) is 18.1 Å². The number of hydrogen-bond acceptors (Lipinski definition) is 3. The molecule has 4 nitrogen and oxygen atoms in total. The van der Waals surface area contributed by atoms with Crippen LogP contribution in [0.3, 0.4) is 0 Å². The van der Waals surface area contributed by atoms with E-state index in [1.807, 2.05) is 27.7 Å².